The summed E-state index contributed by atoms with van der Waals surface area (Å²) < 4.78 is 5.20. The zero-order valence-corrected chi connectivity index (χ0v) is 16.4. The second kappa shape index (κ2) is 11.9. The van der Waals surface area contributed by atoms with Crippen LogP contribution in [0.25, 0.3) is 0 Å². The van der Waals surface area contributed by atoms with Crippen molar-refractivity contribution in [2.45, 2.75) is 38.0 Å². The second-order valence-corrected chi connectivity index (χ2v) is 6.61. The maximum atomic E-state index is 12.8. The van der Waals surface area contributed by atoms with Crippen LogP contribution in [0.4, 0.5) is 4.79 Å². The molecule has 2 aromatic rings. The topological polar surface area (TPSA) is 134 Å². The Morgan fingerprint density at radius 1 is 0.933 bits per heavy atom. The summed E-state index contributed by atoms with van der Waals surface area (Å²) in [6, 6.07) is 18.2. The lowest BCUT2D eigenvalue weighted by Crippen LogP contribution is -2.53. The number of ether oxygens (including phenoxy) is 1. The predicted molar refractivity (Wildman–Crippen MR) is 110 cm³/mol. The van der Waals surface area contributed by atoms with Gasteiger partial charge in [0.25, 0.3) is 0 Å². The van der Waals surface area contributed by atoms with Gasteiger partial charge < -0.3 is 21.1 Å². The number of alkyl carbamates (subject to hydrolysis) is 1. The van der Waals surface area contributed by atoms with Crippen molar-refractivity contribution in [1.82, 2.24) is 10.6 Å². The van der Waals surface area contributed by atoms with Crippen molar-refractivity contribution < 1.29 is 19.1 Å². The zero-order chi connectivity index (χ0) is 21.8. The molecule has 2 aromatic carbocycles. The Morgan fingerprint density at radius 2 is 1.53 bits per heavy atom. The van der Waals surface area contributed by atoms with Crippen LogP contribution in [0.2, 0.25) is 0 Å². The van der Waals surface area contributed by atoms with E-state index in [-0.39, 0.29) is 25.9 Å². The molecule has 0 unspecified atom stereocenters. The first kappa shape index (κ1) is 22.4. The monoisotopic (exact) mass is 408 g/mol. The second-order valence-electron chi connectivity index (χ2n) is 6.61. The van der Waals surface area contributed by atoms with E-state index in [4.69, 9.17) is 15.7 Å². The molecule has 0 heterocycles. The van der Waals surface area contributed by atoms with Gasteiger partial charge in [0.05, 0.1) is 6.07 Å². The maximum absolute atomic E-state index is 12.8. The van der Waals surface area contributed by atoms with Crippen LogP contribution in [0.15, 0.2) is 60.7 Å². The lowest BCUT2D eigenvalue weighted by molar-refractivity contribution is -0.128. The minimum absolute atomic E-state index is 0.0540. The van der Waals surface area contributed by atoms with Gasteiger partial charge in [0, 0.05) is 12.8 Å². The van der Waals surface area contributed by atoms with E-state index in [1.54, 1.807) is 0 Å². The number of primary amides is 1. The minimum atomic E-state index is -1.00. The number of amides is 3. The normalized spacial score (nSPS) is 12.1. The number of carbonyl (C=O) groups excluding carboxylic acids is 3. The summed E-state index contributed by atoms with van der Waals surface area (Å²) in [7, 11) is 0. The summed E-state index contributed by atoms with van der Waals surface area (Å²) in [5, 5.41) is 13.8. The lowest BCUT2D eigenvalue weighted by atomic mass is 10.0. The molecule has 8 nitrogen and oxygen atoms in total. The number of nitrogens with zero attached hydrogens (tertiary/aromatic N) is 1. The summed E-state index contributed by atoms with van der Waals surface area (Å²) >= 11 is 0. The highest BCUT2D eigenvalue weighted by atomic mass is 16.5. The Kier molecular flexibility index (Phi) is 8.87. The van der Waals surface area contributed by atoms with Crippen LogP contribution in [0.1, 0.15) is 24.0 Å². The molecular weight excluding hydrogens is 384 g/mol. The highest BCUT2D eigenvalue weighted by Gasteiger charge is 2.26. The molecule has 30 heavy (non-hydrogen) atoms. The van der Waals surface area contributed by atoms with E-state index in [0.29, 0.717) is 0 Å². The molecule has 156 valence electrons. The zero-order valence-electron chi connectivity index (χ0n) is 16.4. The van der Waals surface area contributed by atoms with Crippen molar-refractivity contribution in [3.63, 3.8) is 0 Å². The molecule has 0 aliphatic carbocycles. The van der Waals surface area contributed by atoms with Crippen molar-refractivity contribution in [1.29, 1.82) is 5.26 Å². The van der Waals surface area contributed by atoms with E-state index in [0.717, 1.165) is 11.1 Å². The molecule has 3 amide bonds. The first-order valence-corrected chi connectivity index (χ1v) is 9.47. The molecule has 0 aliphatic rings. The quantitative estimate of drug-likeness (QED) is 0.551. The van der Waals surface area contributed by atoms with Crippen LogP contribution in [0, 0.1) is 11.3 Å². The smallest absolute Gasteiger partial charge is 0.408 e. The van der Waals surface area contributed by atoms with E-state index < -0.39 is 30.0 Å². The third-order valence-electron chi connectivity index (χ3n) is 4.31. The fourth-order valence-electron chi connectivity index (χ4n) is 2.73. The molecule has 0 radical (unpaired) electrons. The van der Waals surface area contributed by atoms with Gasteiger partial charge in [-0.05, 0) is 17.5 Å². The van der Waals surface area contributed by atoms with Gasteiger partial charge >= 0.3 is 6.09 Å². The van der Waals surface area contributed by atoms with Gasteiger partial charge in [0.15, 0.2) is 0 Å². The SMILES string of the molecule is N#CCC[C@H](NC(=O)[C@@H](Cc1ccccc1)NC(=O)OCc1ccccc1)C(N)=O. The summed E-state index contributed by atoms with van der Waals surface area (Å²) in [5.41, 5.74) is 6.94. The molecule has 8 heteroatoms. The van der Waals surface area contributed by atoms with E-state index in [9.17, 15) is 14.4 Å². The van der Waals surface area contributed by atoms with E-state index in [1.807, 2.05) is 66.7 Å². The van der Waals surface area contributed by atoms with Gasteiger partial charge in [-0.25, -0.2) is 4.79 Å². The van der Waals surface area contributed by atoms with Crippen LogP contribution < -0.4 is 16.4 Å². The first-order valence-electron chi connectivity index (χ1n) is 9.47. The Morgan fingerprint density at radius 3 is 2.10 bits per heavy atom. The summed E-state index contributed by atoms with van der Waals surface area (Å²) in [5.74, 6) is -1.33. The van der Waals surface area contributed by atoms with Gasteiger partial charge in [0.1, 0.15) is 18.7 Å². The molecular formula is C22H24N4O4. The molecule has 0 fully saturated rings. The Balaban J connectivity index is 2.05. The fraction of sp³-hybridized carbons (Fsp3) is 0.273. The average molecular weight is 408 g/mol. The third-order valence-corrected chi connectivity index (χ3v) is 4.31. The molecule has 0 aliphatic heterocycles. The molecule has 2 rings (SSSR count). The van der Waals surface area contributed by atoms with Crippen LogP contribution in [-0.4, -0.2) is 30.0 Å². The number of hydrogen-bond donors (Lipinski definition) is 3. The van der Waals surface area contributed by atoms with E-state index in [1.165, 1.54) is 0 Å². The highest BCUT2D eigenvalue weighted by Crippen LogP contribution is 2.06. The molecule has 0 saturated carbocycles. The molecule has 2 atom stereocenters. The van der Waals surface area contributed by atoms with E-state index >= 15 is 0 Å². The van der Waals surface area contributed by atoms with Gasteiger partial charge in [-0.2, -0.15) is 5.26 Å². The standard InChI is InChI=1S/C22H24N4O4/c23-13-7-12-18(20(24)27)25-21(28)19(14-16-8-3-1-4-9-16)26-22(29)30-15-17-10-5-2-6-11-17/h1-6,8-11,18-19H,7,12,14-15H2,(H2,24,27)(H,25,28)(H,26,29)/t18-,19+/m0/s1. The number of rotatable bonds is 10. The molecule has 0 aromatic heterocycles. The van der Waals surface area contributed by atoms with Crippen molar-refractivity contribution in [3.8, 4) is 6.07 Å². The minimum Gasteiger partial charge on any atom is -0.445 e. The number of nitriles is 1. The van der Waals surface area contributed by atoms with E-state index in [2.05, 4.69) is 10.6 Å². The number of hydrogen-bond acceptors (Lipinski definition) is 5. The van der Waals surface area contributed by atoms with Crippen molar-refractivity contribution in [2.24, 2.45) is 5.73 Å². The Hall–Kier alpha value is -3.86. The van der Waals surface area contributed by atoms with Crippen molar-refractivity contribution in [3.05, 3.63) is 71.8 Å². The van der Waals surface area contributed by atoms with Gasteiger partial charge in [0.2, 0.25) is 11.8 Å². The predicted octanol–water partition coefficient (Wildman–Crippen LogP) is 1.80. The van der Waals surface area contributed by atoms with Crippen LogP contribution in [-0.2, 0) is 27.4 Å². The Labute approximate surface area is 175 Å². The third kappa shape index (κ3) is 7.64. The highest BCUT2D eigenvalue weighted by molar-refractivity contribution is 5.90. The van der Waals surface area contributed by atoms with Gasteiger partial charge in [-0.15, -0.1) is 0 Å². The van der Waals surface area contributed by atoms with Crippen molar-refractivity contribution >= 4 is 17.9 Å². The fourth-order valence-corrected chi connectivity index (χ4v) is 2.73. The largest absolute Gasteiger partial charge is 0.445 e. The summed E-state index contributed by atoms with van der Waals surface area (Å²) in [4.78, 5) is 36.6. The van der Waals surface area contributed by atoms with Gasteiger partial charge in [-0.3, -0.25) is 9.59 Å². The number of carbonyl (C=O) groups is 3. The van der Waals surface area contributed by atoms with Gasteiger partial charge in [-0.1, -0.05) is 60.7 Å². The van der Waals surface area contributed by atoms with Crippen LogP contribution in [0.3, 0.4) is 0 Å². The first-order chi connectivity index (χ1) is 14.5. The number of nitrogens with two attached hydrogens (primary N) is 1. The maximum Gasteiger partial charge on any atom is 0.408 e. The molecule has 0 bridgehead atoms. The summed E-state index contributed by atoms with van der Waals surface area (Å²) in [6.45, 7) is 0.0540. The molecule has 0 saturated heterocycles. The molecule has 0 spiro atoms. The van der Waals surface area contributed by atoms with Crippen LogP contribution >= 0.6 is 0 Å². The average Bonchev–Trinajstić information content (AvgIpc) is 2.76. The Bertz CT molecular complexity index is 881. The van der Waals surface area contributed by atoms with Crippen LogP contribution in [0.5, 0.6) is 0 Å². The number of nitrogens with one attached hydrogen (secondary N) is 2. The molecule has 4 N–H and O–H groups in total. The summed E-state index contributed by atoms with van der Waals surface area (Å²) in [6.07, 6.45) is -0.420. The van der Waals surface area contributed by atoms with Crippen molar-refractivity contribution in [2.75, 3.05) is 0 Å². The lowest BCUT2D eigenvalue weighted by Gasteiger charge is -2.21. The number of benzene rings is 2.